The molecule has 164 valence electrons. The van der Waals surface area contributed by atoms with E-state index in [0.717, 1.165) is 22.8 Å². The molecular formula is C22H13ClF4N2O2S. The van der Waals surface area contributed by atoms with Crippen molar-refractivity contribution in [1.82, 2.24) is 5.01 Å². The van der Waals surface area contributed by atoms with Crippen molar-refractivity contribution >= 4 is 34.3 Å². The molecule has 4 nitrogen and oxygen atoms in total. The number of hydrazone groups is 1. The number of carbonyl (C=O) groups excluding carboxylic acids is 1. The maximum absolute atomic E-state index is 14.3. The minimum Gasteiger partial charge on any atom is -0.496 e. The Morgan fingerprint density at radius 2 is 1.66 bits per heavy atom. The summed E-state index contributed by atoms with van der Waals surface area (Å²) in [5.41, 5.74) is -0.0112. The average molecular weight is 481 g/mol. The van der Waals surface area contributed by atoms with E-state index in [1.165, 1.54) is 19.2 Å². The summed E-state index contributed by atoms with van der Waals surface area (Å²) in [6, 6.07) is 11.1. The second-order valence-corrected chi connectivity index (χ2v) is 8.17. The molecule has 1 aliphatic heterocycles. The maximum Gasteiger partial charge on any atom is 0.281 e. The van der Waals surface area contributed by atoms with Crippen LogP contribution in [0, 0.1) is 23.3 Å². The number of nitrogens with zero attached hydrogens (tertiary/aromatic N) is 2. The molecule has 0 saturated heterocycles. The number of amides is 1. The van der Waals surface area contributed by atoms with Crippen molar-refractivity contribution in [2.24, 2.45) is 5.10 Å². The first-order chi connectivity index (χ1) is 15.3. The molecule has 1 atom stereocenters. The minimum atomic E-state index is -1.36. The van der Waals surface area contributed by atoms with Gasteiger partial charge in [0, 0.05) is 34.3 Å². The molecule has 0 spiro atoms. The Bertz CT molecular complexity index is 1210. The molecule has 0 aliphatic carbocycles. The van der Waals surface area contributed by atoms with Gasteiger partial charge in [-0.3, -0.25) is 4.79 Å². The summed E-state index contributed by atoms with van der Waals surface area (Å²) in [6.07, 6.45) is 0. The van der Waals surface area contributed by atoms with E-state index < -0.39 is 40.1 Å². The van der Waals surface area contributed by atoms with E-state index in [4.69, 9.17) is 16.3 Å². The van der Waals surface area contributed by atoms with Gasteiger partial charge in [-0.1, -0.05) is 35.5 Å². The van der Waals surface area contributed by atoms with Gasteiger partial charge in [0.2, 0.25) is 0 Å². The van der Waals surface area contributed by atoms with E-state index in [1.807, 2.05) is 0 Å². The van der Waals surface area contributed by atoms with E-state index in [1.54, 1.807) is 24.3 Å². The summed E-state index contributed by atoms with van der Waals surface area (Å²) in [5.74, 6) is -5.47. The van der Waals surface area contributed by atoms with Crippen LogP contribution in [0.2, 0.25) is 5.02 Å². The van der Waals surface area contributed by atoms with Crippen LogP contribution in [0.5, 0.6) is 5.75 Å². The second kappa shape index (κ2) is 8.84. The third-order valence-corrected chi connectivity index (χ3v) is 6.09. The normalized spacial score (nSPS) is 15.6. The predicted molar refractivity (Wildman–Crippen MR) is 114 cm³/mol. The number of benzene rings is 3. The van der Waals surface area contributed by atoms with Crippen molar-refractivity contribution in [2.45, 2.75) is 5.37 Å². The highest BCUT2D eigenvalue weighted by molar-refractivity contribution is 8.14. The summed E-state index contributed by atoms with van der Waals surface area (Å²) < 4.78 is 61.0. The molecule has 1 amide bonds. The summed E-state index contributed by atoms with van der Waals surface area (Å²) in [7, 11) is 1.32. The van der Waals surface area contributed by atoms with Gasteiger partial charge < -0.3 is 4.74 Å². The lowest BCUT2D eigenvalue weighted by atomic mass is 10.1. The molecule has 1 aliphatic rings. The Balaban J connectivity index is 1.82. The Hall–Kier alpha value is -3.04. The van der Waals surface area contributed by atoms with Gasteiger partial charge in [-0.25, -0.2) is 22.6 Å². The number of rotatable bonds is 4. The average Bonchev–Trinajstić information content (AvgIpc) is 3.18. The molecule has 0 saturated carbocycles. The highest BCUT2D eigenvalue weighted by Gasteiger charge is 2.38. The zero-order chi connectivity index (χ0) is 23.0. The van der Waals surface area contributed by atoms with Gasteiger partial charge in [-0.2, -0.15) is 5.10 Å². The van der Waals surface area contributed by atoms with Crippen LogP contribution in [0.25, 0.3) is 0 Å². The SMILES string of the molecule is COc1cc(F)ccc1C1SC(c2ccc(Cl)cc2)=NN1C(=O)c1c(F)cc(F)cc1F. The van der Waals surface area contributed by atoms with Crippen LogP contribution in [-0.4, -0.2) is 23.1 Å². The highest BCUT2D eigenvalue weighted by Crippen LogP contribution is 2.45. The zero-order valence-corrected chi connectivity index (χ0v) is 17.9. The Morgan fingerprint density at radius 1 is 1.00 bits per heavy atom. The zero-order valence-electron chi connectivity index (χ0n) is 16.3. The van der Waals surface area contributed by atoms with Crippen molar-refractivity contribution in [3.8, 4) is 5.75 Å². The van der Waals surface area contributed by atoms with Gasteiger partial charge in [0.15, 0.2) is 0 Å². The maximum atomic E-state index is 14.3. The number of thioether (sulfide) groups is 1. The Labute approximate surface area is 189 Å². The predicted octanol–water partition coefficient (Wildman–Crippen LogP) is 6.15. The highest BCUT2D eigenvalue weighted by atomic mass is 35.5. The Morgan fingerprint density at radius 3 is 2.28 bits per heavy atom. The first kappa shape index (κ1) is 22.2. The van der Waals surface area contributed by atoms with Crippen LogP contribution < -0.4 is 4.74 Å². The number of halogens is 5. The van der Waals surface area contributed by atoms with E-state index in [2.05, 4.69) is 5.10 Å². The van der Waals surface area contributed by atoms with Crippen molar-refractivity contribution in [3.63, 3.8) is 0 Å². The molecule has 3 aromatic rings. The number of ether oxygens (including phenoxy) is 1. The van der Waals surface area contributed by atoms with Crippen LogP contribution in [0.15, 0.2) is 59.7 Å². The fraction of sp³-hybridized carbons (Fsp3) is 0.0909. The van der Waals surface area contributed by atoms with Gasteiger partial charge in [-0.05, 0) is 24.3 Å². The fourth-order valence-corrected chi connectivity index (χ4v) is 4.45. The van der Waals surface area contributed by atoms with Crippen molar-refractivity contribution in [3.05, 3.63) is 99.6 Å². The molecule has 3 aromatic carbocycles. The molecule has 0 radical (unpaired) electrons. The third-order valence-electron chi connectivity index (χ3n) is 4.63. The number of carbonyl (C=O) groups is 1. The minimum absolute atomic E-state index is 0.118. The summed E-state index contributed by atoms with van der Waals surface area (Å²) in [4.78, 5) is 13.1. The van der Waals surface area contributed by atoms with Crippen LogP contribution in [-0.2, 0) is 0 Å². The molecule has 0 fully saturated rings. The van der Waals surface area contributed by atoms with Gasteiger partial charge in [-0.15, -0.1) is 0 Å². The number of hydrogen-bond donors (Lipinski definition) is 0. The van der Waals surface area contributed by atoms with Crippen molar-refractivity contribution < 1.29 is 27.1 Å². The fourth-order valence-electron chi connectivity index (χ4n) is 3.14. The quantitative estimate of drug-likeness (QED) is 0.420. The van der Waals surface area contributed by atoms with Crippen LogP contribution in [0.3, 0.4) is 0 Å². The largest absolute Gasteiger partial charge is 0.496 e. The van der Waals surface area contributed by atoms with Gasteiger partial charge in [0.25, 0.3) is 5.91 Å². The lowest BCUT2D eigenvalue weighted by molar-refractivity contribution is 0.0738. The second-order valence-electron chi connectivity index (χ2n) is 6.66. The third kappa shape index (κ3) is 4.18. The van der Waals surface area contributed by atoms with Gasteiger partial charge >= 0.3 is 0 Å². The van der Waals surface area contributed by atoms with E-state index in [0.29, 0.717) is 33.3 Å². The first-order valence-corrected chi connectivity index (χ1v) is 10.4. The standard InChI is InChI=1S/C22H13ClF4N2O2S/c1-31-18-10-13(24)6-7-15(18)22-29(21(30)19-16(26)8-14(25)9-17(19)27)28-20(32-22)11-2-4-12(23)5-3-11/h2-10,22H,1H3. The van der Waals surface area contributed by atoms with Gasteiger partial charge in [0.1, 0.15) is 45.0 Å². The van der Waals surface area contributed by atoms with Crippen LogP contribution in [0.1, 0.15) is 26.9 Å². The summed E-state index contributed by atoms with van der Waals surface area (Å²) in [6.45, 7) is 0. The molecule has 0 bridgehead atoms. The van der Waals surface area contributed by atoms with E-state index in [9.17, 15) is 22.4 Å². The lowest BCUT2D eigenvalue weighted by Crippen LogP contribution is -2.28. The lowest BCUT2D eigenvalue weighted by Gasteiger charge is -2.23. The van der Waals surface area contributed by atoms with Gasteiger partial charge in [0.05, 0.1) is 7.11 Å². The van der Waals surface area contributed by atoms with Crippen LogP contribution in [0.4, 0.5) is 17.6 Å². The number of methoxy groups -OCH3 is 1. The van der Waals surface area contributed by atoms with Crippen molar-refractivity contribution in [2.75, 3.05) is 7.11 Å². The smallest absolute Gasteiger partial charge is 0.281 e. The van der Waals surface area contributed by atoms with E-state index in [-0.39, 0.29) is 5.75 Å². The Kier molecular flexibility index (Phi) is 6.12. The molecule has 10 heteroatoms. The number of hydrogen-bond acceptors (Lipinski definition) is 4. The first-order valence-electron chi connectivity index (χ1n) is 9.11. The monoisotopic (exact) mass is 480 g/mol. The summed E-state index contributed by atoms with van der Waals surface area (Å²) in [5, 5.41) is 5.04. The summed E-state index contributed by atoms with van der Waals surface area (Å²) >= 11 is 7.02. The van der Waals surface area contributed by atoms with Crippen LogP contribution >= 0.6 is 23.4 Å². The molecule has 0 aromatic heterocycles. The van der Waals surface area contributed by atoms with E-state index >= 15 is 0 Å². The molecule has 0 N–H and O–H groups in total. The molecule has 32 heavy (non-hydrogen) atoms. The molecular weight excluding hydrogens is 468 g/mol. The van der Waals surface area contributed by atoms with Crippen molar-refractivity contribution in [1.29, 1.82) is 0 Å². The topological polar surface area (TPSA) is 41.9 Å². The molecule has 1 heterocycles. The molecule has 1 unspecified atom stereocenters. The molecule has 4 rings (SSSR count).